The maximum absolute atomic E-state index is 11.4. The van der Waals surface area contributed by atoms with Crippen LogP contribution in [0.4, 0.5) is 5.82 Å². The van der Waals surface area contributed by atoms with Gasteiger partial charge in [0.2, 0.25) is 0 Å². The number of hydrogen-bond acceptors (Lipinski definition) is 5. The normalized spacial score (nSPS) is 24.4. The van der Waals surface area contributed by atoms with Gasteiger partial charge in [-0.25, -0.2) is 8.42 Å². The van der Waals surface area contributed by atoms with Crippen molar-refractivity contribution in [3.63, 3.8) is 0 Å². The molecule has 0 aliphatic carbocycles. The second-order valence-corrected chi connectivity index (χ2v) is 6.49. The molecule has 0 spiro atoms. The molecule has 5 nitrogen and oxygen atoms in total. The minimum absolute atomic E-state index is 0.0748. The first-order valence-corrected chi connectivity index (χ1v) is 7.14. The summed E-state index contributed by atoms with van der Waals surface area (Å²) in [6, 6.07) is 3.33. The van der Waals surface area contributed by atoms with E-state index in [0.29, 0.717) is 17.5 Å². The van der Waals surface area contributed by atoms with E-state index in [-0.39, 0.29) is 17.5 Å². The van der Waals surface area contributed by atoms with Gasteiger partial charge in [-0.15, -0.1) is 10.2 Å². The summed E-state index contributed by atoms with van der Waals surface area (Å²) in [6.45, 7) is 2.33. The van der Waals surface area contributed by atoms with E-state index in [4.69, 9.17) is 11.6 Å². The van der Waals surface area contributed by atoms with Crippen LogP contribution in [0.1, 0.15) is 6.92 Å². The third-order valence-electron chi connectivity index (χ3n) is 2.58. The highest BCUT2D eigenvalue weighted by Crippen LogP contribution is 2.19. The van der Waals surface area contributed by atoms with Crippen LogP contribution in [0.5, 0.6) is 0 Å². The van der Waals surface area contributed by atoms with Crippen LogP contribution in [-0.2, 0) is 9.84 Å². The fourth-order valence-corrected chi connectivity index (χ4v) is 3.46. The van der Waals surface area contributed by atoms with Crippen molar-refractivity contribution in [1.29, 1.82) is 0 Å². The fraction of sp³-hybridized carbons (Fsp3) is 0.556. The van der Waals surface area contributed by atoms with Gasteiger partial charge in [0.25, 0.3) is 0 Å². The van der Waals surface area contributed by atoms with Gasteiger partial charge in [0.15, 0.2) is 20.8 Å². The summed E-state index contributed by atoms with van der Waals surface area (Å²) < 4.78 is 22.8. The Hall–Kier alpha value is -0.880. The molecule has 1 aromatic heterocycles. The fourth-order valence-electron chi connectivity index (χ4n) is 1.80. The SMILES string of the molecule is CC1CS(=O)(=O)CCN1c1ccc(Cl)nn1. The van der Waals surface area contributed by atoms with Crippen LogP contribution in [0.2, 0.25) is 5.15 Å². The molecule has 0 saturated carbocycles. The van der Waals surface area contributed by atoms with Crippen LogP contribution < -0.4 is 4.90 Å². The molecule has 0 bridgehead atoms. The zero-order valence-corrected chi connectivity index (χ0v) is 10.4. The van der Waals surface area contributed by atoms with E-state index in [9.17, 15) is 8.42 Å². The van der Waals surface area contributed by atoms with Gasteiger partial charge < -0.3 is 4.90 Å². The summed E-state index contributed by atoms with van der Waals surface area (Å²) in [5.41, 5.74) is 0. The molecule has 1 aliphatic rings. The van der Waals surface area contributed by atoms with Crippen LogP contribution in [0.25, 0.3) is 0 Å². The third-order valence-corrected chi connectivity index (χ3v) is 4.58. The van der Waals surface area contributed by atoms with Crippen LogP contribution in [0.3, 0.4) is 0 Å². The van der Waals surface area contributed by atoms with Crippen molar-refractivity contribution < 1.29 is 8.42 Å². The molecule has 7 heteroatoms. The number of halogens is 1. The molecule has 0 N–H and O–H groups in total. The number of nitrogens with zero attached hydrogens (tertiary/aromatic N) is 3. The second kappa shape index (κ2) is 4.18. The lowest BCUT2D eigenvalue weighted by Gasteiger charge is -2.33. The first-order chi connectivity index (χ1) is 7.48. The lowest BCUT2D eigenvalue weighted by atomic mass is 10.3. The van der Waals surface area contributed by atoms with Gasteiger partial charge in [-0.05, 0) is 19.1 Å². The minimum atomic E-state index is -2.90. The molecule has 1 aliphatic heterocycles. The van der Waals surface area contributed by atoms with E-state index >= 15 is 0 Å². The minimum Gasteiger partial charge on any atom is -0.350 e. The molecular formula is C9H12ClN3O2S. The lowest BCUT2D eigenvalue weighted by molar-refractivity contribution is 0.566. The molecule has 88 valence electrons. The van der Waals surface area contributed by atoms with Crippen LogP contribution in [0.15, 0.2) is 12.1 Å². The van der Waals surface area contributed by atoms with Crippen LogP contribution in [-0.4, -0.2) is 42.7 Å². The Morgan fingerprint density at radius 2 is 2.19 bits per heavy atom. The first kappa shape index (κ1) is 11.6. The molecule has 1 saturated heterocycles. The van der Waals surface area contributed by atoms with Gasteiger partial charge in [0, 0.05) is 12.6 Å². The quantitative estimate of drug-likeness (QED) is 0.747. The standard InChI is InChI=1S/C9H12ClN3O2S/c1-7-6-16(14,15)5-4-13(7)9-3-2-8(10)11-12-9/h2-3,7H,4-6H2,1H3. The number of sulfone groups is 1. The van der Waals surface area contributed by atoms with Crippen molar-refractivity contribution in [2.24, 2.45) is 0 Å². The topological polar surface area (TPSA) is 63.2 Å². The van der Waals surface area contributed by atoms with Gasteiger partial charge >= 0.3 is 0 Å². The van der Waals surface area contributed by atoms with Gasteiger partial charge in [-0.3, -0.25) is 0 Å². The van der Waals surface area contributed by atoms with E-state index < -0.39 is 9.84 Å². The molecule has 16 heavy (non-hydrogen) atoms. The van der Waals surface area contributed by atoms with Crippen molar-refractivity contribution in [3.8, 4) is 0 Å². The van der Waals surface area contributed by atoms with Gasteiger partial charge in [0.05, 0.1) is 11.5 Å². The van der Waals surface area contributed by atoms with Gasteiger partial charge in [-0.2, -0.15) is 0 Å². The Balaban J connectivity index is 2.20. The molecule has 2 rings (SSSR count). The third kappa shape index (κ3) is 2.44. The molecule has 0 aromatic carbocycles. The van der Waals surface area contributed by atoms with E-state index in [1.54, 1.807) is 12.1 Å². The van der Waals surface area contributed by atoms with E-state index in [2.05, 4.69) is 10.2 Å². The smallest absolute Gasteiger partial charge is 0.154 e. The van der Waals surface area contributed by atoms with Crippen LogP contribution >= 0.6 is 11.6 Å². The highest BCUT2D eigenvalue weighted by Gasteiger charge is 2.28. The number of aromatic nitrogens is 2. The molecule has 0 radical (unpaired) electrons. The van der Waals surface area contributed by atoms with Crippen molar-refractivity contribution in [1.82, 2.24) is 10.2 Å². The zero-order chi connectivity index (χ0) is 11.8. The second-order valence-electron chi connectivity index (χ2n) is 3.87. The lowest BCUT2D eigenvalue weighted by Crippen LogP contribution is -2.47. The molecule has 0 amide bonds. The number of hydrogen-bond donors (Lipinski definition) is 0. The Bertz CT molecular complexity index is 474. The first-order valence-electron chi connectivity index (χ1n) is 4.94. The summed E-state index contributed by atoms with van der Waals surface area (Å²) in [5.74, 6) is 1.01. The maximum atomic E-state index is 11.4. The van der Waals surface area contributed by atoms with E-state index in [1.165, 1.54) is 0 Å². The Morgan fingerprint density at radius 3 is 2.75 bits per heavy atom. The Morgan fingerprint density at radius 1 is 1.44 bits per heavy atom. The maximum Gasteiger partial charge on any atom is 0.154 e. The molecule has 1 unspecified atom stereocenters. The summed E-state index contributed by atoms with van der Waals surface area (Å²) >= 11 is 5.64. The molecular weight excluding hydrogens is 250 g/mol. The molecule has 1 fully saturated rings. The summed E-state index contributed by atoms with van der Waals surface area (Å²) in [6.07, 6.45) is 0. The van der Waals surface area contributed by atoms with Gasteiger partial charge in [-0.1, -0.05) is 11.6 Å². The average molecular weight is 262 g/mol. The van der Waals surface area contributed by atoms with E-state index in [1.807, 2.05) is 11.8 Å². The van der Waals surface area contributed by atoms with Crippen molar-refractivity contribution in [2.45, 2.75) is 13.0 Å². The molecule has 1 atom stereocenters. The van der Waals surface area contributed by atoms with Crippen molar-refractivity contribution in [3.05, 3.63) is 17.3 Å². The average Bonchev–Trinajstić information content (AvgIpc) is 2.19. The Kier molecular flexibility index (Phi) is 3.03. The monoisotopic (exact) mass is 261 g/mol. The number of anilines is 1. The molecule has 2 heterocycles. The summed E-state index contributed by atoms with van der Waals surface area (Å²) in [4.78, 5) is 1.93. The predicted molar refractivity (Wildman–Crippen MR) is 62.5 cm³/mol. The highest BCUT2D eigenvalue weighted by atomic mass is 35.5. The zero-order valence-electron chi connectivity index (χ0n) is 8.80. The predicted octanol–water partition coefficient (Wildman–Crippen LogP) is 0.753. The van der Waals surface area contributed by atoms with Crippen molar-refractivity contribution in [2.75, 3.05) is 23.0 Å². The summed E-state index contributed by atoms with van der Waals surface area (Å²) in [5, 5.41) is 8.03. The highest BCUT2D eigenvalue weighted by molar-refractivity contribution is 7.91. The van der Waals surface area contributed by atoms with Crippen LogP contribution in [0, 0.1) is 0 Å². The molecule has 1 aromatic rings. The van der Waals surface area contributed by atoms with Crippen molar-refractivity contribution >= 4 is 27.3 Å². The van der Waals surface area contributed by atoms with E-state index in [0.717, 1.165) is 0 Å². The van der Waals surface area contributed by atoms with Gasteiger partial charge in [0.1, 0.15) is 0 Å². The summed E-state index contributed by atoms with van der Waals surface area (Å²) in [7, 11) is -2.90. The number of rotatable bonds is 1. The Labute approximate surface area is 99.3 Å². The largest absolute Gasteiger partial charge is 0.350 e.